The molecule has 0 N–H and O–H groups in total. The first-order chi connectivity index (χ1) is 8.26. The Labute approximate surface area is 106 Å². The Bertz CT molecular complexity index is 538. The van der Waals surface area contributed by atoms with E-state index >= 15 is 0 Å². The van der Waals surface area contributed by atoms with Gasteiger partial charge in [0.25, 0.3) is 0 Å². The maximum Gasteiger partial charge on any atom is 0.0674 e. The number of benzene rings is 1. The van der Waals surface area contributed by atoms with Gasteiger partial charge in [0, 0.05) is 29.1 Å². The highest BCUT2D eigenvalue weighted by molar-refractivity contribution is 7.17. The van der Waals surface area contributed by atoms with Gasteiger partial charge in [-0.15, -0.1) is 11.3 Å². The molecule has 0 saturated heterocycles. The Balaban J connectivity index is 2.25. The van der Waals surface area contributed by atoms with Gasteiger partial charge in [0.05, 0.1) is 17.7 Å². The average Bonchev–Trinajstić information content (AvgIpc) is 2.79. The summed E-state index contributed by atoms with van der Waals surface area (Å²) >= 11 is 1.76. The van der Waals surface area contributed by atoms with Crippen molar-refractivity contribution in [1.82, 2.24) is 0 Å². The number of nitriles is 1. The minimum Gasteiger partial charge on any atom is -0.372 e. The monoisotopic (exact) mass is 244 g/mol. The second-order valence-corrected chi connectivity index (χ2v) is 5.14. The van der Waals surface area contributed by atoms with E-state index < -0.39 is 0 Å². The van der Waals surface area contributed by atoms with E-state index in [4.69, 9.17) is 5.26 Å². The fraction of sp³-hybridized carbons (Fsp3) is 0.357. The van der Waals surface area contributed by atoms with Gasteiger partial charge < -0.3 is 4.90 Å². The molecule has 0 saturated carbocycles. The largest absolute Gasteiger partial charge is 0.372 e. The number of hydrogen-bond acceptors (Lipinski definition) is 3. The van der Waals surface area contributed by atoms with E-state index in [1.165, 1.54) is 15.8 Å². The zero-order chi connectivity index (χ0) is 12.3. The average molecular weight is 244 g/mol. The van der Waals surface area contributed by atoms with Crippen LogP contribution in [-0.4, -0.2) is 13.6 Å². The van der Waals surface area contributed by atoms with Crippen LogP contribution >= 0.6 is 11.3 Å². The molecular formula is C14H16N2S. The normalized spacial score (nSPS) is 12.3. The van der Waals surface area contributed by atoms with E-state index in [1.807, 2.05) is 0 Å². The van der Waals surface area contributed by atoms with E-state index in [0.717, 1.165) is 13.0 Å². The van der Waals surface area contributed by atoms with Crippen LogP contribution < -0.4 is 4.90 Å². The molecule has 1 atom stereocenters. The first kappa shape index (κ1) is 11.9. The third-order valence-corrected chi connectivity index (χ3v) is 3.99. The van der Waals surface area contributed by atoms with Crippen LogP contribution in [0, 0.1) is 17.2 Å². The van der Waals surface area contributed by atoms with Crippen LogP contribution in [0.25, 0.3) is 10.1 Å². The topological polar surface area (TPSA) is 27.0 Å². The van der Waals surface area contributed by atoms with Gasteiger partial charge in [-0.1, -0.05) is 25.1 Å². The minimum atomic E-state index is 0.110. The van der Waals surface area contributed by atoms with Gasteiger partial charge >= 0.3 is 0 Å². The van der Waals surface area contributed by atoms with Crippen molar-refractivity contribution in [2.75, 3.05) is 18.5 Å². The van der Waals surface area contributed by atoms with Crippen molar-refractivity contribution in [2.45, 2.75) is 13.3 Å². The van der Waals surface area contributed by atoms with Crippen LogP contribution in [0.15, 0.2) is 29.6 Å². The molecule has 17 heavy (non-hydrogen) atoms. The summed E-state index contributed by atoms with van der Waals surface area (Å²) in [6, 6.07) is 10.8. The van der Waals surface area contributed by atoms with Crippen LogP contribution in [0.5, 0.6) is 0 Å². The Morgan fingerprint density at radius 1 is 1.41 bits per heavy atom. The molecule has 2 rings (SSSR count). The van der Waals surface area contributed by atoms with Gasteiger partial charge in [-0.3, -0.25) is 0 Å². The van der Waals surface area contributed by atoms with Crippen LogP contribution in [0.4, 0.5) is 5.69 Å². The summed E-state index contributed by atoms with van der Waals surface area (Å²) in [6.07, 6.45) is 0.906. The summed E-state index contributed by atoms with van der Waals surface area (Å²) < 4.78 is 1.30. The number of fused-ring (bicyclic) bond motifs is 1. The summed E-state index contributed by atoms with van der Waals surface area (Å²) in [5, 5.41) is 12.5. The van der Waals surface area contributed by atoms with Crippen LogP contribution in [0.1, 0.15) is 13.3 Å². The molecule has 0 amide bonds. The van der Waals surface area contributed by atoms with Gasteiger partial charge in [-0.25, -0.2) is 0 Å². The Hall–Kier alpha value is -1.53. The highest BCUT2D eigenvalue weighted by Crippen LogP contribution is 2.32. The molecule has 88 valence electrons. The zero-order valence-corrected chi connectivity index (χ0v) is 11.0. The van der Waals surface area contributed by atoms with E-state index in [-0.39, 0.29) is 5.92 Å². The number of anilines is 1. The summed E-state index contributed by atoms with van der Waals surface area (Å²) in [5.41, 5.74) is 1.24. The maximum absolute atomic E-state index is 9.01. The standard InChI is InChI=1S/C14H16N2S/c1-3-11(8-15)9-16(2)13-10-17-14-7-5-4-6-12(13)14/h4-7,10-11H,3,9H2,1-2H3. The molecule has 1 heterocycles. The van der Waals surface area contributed by atoms with Crippen LogP contribution in [0.3, 0.4) is 0 Å². The lowest BCUT2D eigenvalue weighted by molar-refractivity contribution is 0.632. The van der Waals surface area contributed by atoms with E-state index in [9.17, 15) is 0 Å². The Morgan fingerprint density at radius 2 is 2.18 bits per heavy atom. The highest BCUT2D eigenvalue weighted by atomic mass is 32.1. The molecule has 0 aliphatic carbocycles. The van der Waals surface area contributed by atoms with Crippen molar-refractivity contribution >= 4 is 27.1 Å². The molecule has 0 bridgehead atoms. The third kappa shape index (κ3) is 2.42. The predicted octanol–water partition coefficient (Wildman–Crippen LogP) is 3.89. The van der Waals surface area contributed by atoms with Gasteiger partial charge in [0.2, 0.25) is 0 Å². The summed E-state index contributed by atoms with van der Waals surface area (Å²) in [5.74, 6) is 0.110. The van der Waals surface area contributed by atoms with Crippen molar-refractivity contribution in [3.8, 4) is 6.07 Å². The van der Waals surface area contributed by atoms with Gasteiger partial charge in [-0.2, -0.15) is 5.26 Å². The van der Waals surface area contributed by atoms with Gasteiger partial charge in [-0.05, 0) is 12.5 Å². The summed E-state index contributed by atoms with van der Waals surface area (Å²) in [7, 11) is 2.06. The lowest BCUT2D eigenvalue weighted by Gasteiger charge is -2.20. The molecule has 1 aromatic carbocycles. The second-order valence-electron chi connectivity index (χ2n) is 4.23. The number of nitrogens with zero attached hydrogens (tertiary/aromatic N) is 2. The zero-order valence-electron chi connectivity index (χ0n) is 10.2. The lowest BCUT2D eigenvalue weighted by atomic mass is 10.1. The molecule has 0 aliphatic rings. The first-order valence-corrected chi connectivity index (χ1v) is 6.71. The summed E-state index contributed by atoms with van der Waals surface area (Å²) in [6.45, 7) is 2.86. The summed E-state index contributed by atoms with van der Waals surface area (Å²) in [4.78, 5) is 2.19. The molecule has 0 radical (unpaired) electrons. The van der Waals surface area contributed by atoms with Crippen LogP contribution in [0.2, 0.25) is 0 Å². The molecule has 1 unspecified atom stereocenters. The van der Waals surface area contributed by atoms with Crippen molar-refractivity contribution in [1.29, 1.82) is 5.26 Å². The SMILES string of the molecule is CCC(C#N)CN(C)c1csc2ccccc12. The molecule has 1 aromatic heterocycles. The Morgan fingerprint density at radius 3 is 2.88 bits per heavy atom. The van der Waals surface area contributed by atoms with E-state index in [2.05, 4.69) is 54.6 Å². The maximum atomic E-state index is 9.01. The smallest absolute Gasteiger partial charge is 0.0674 e. The van der Waals surface area contributed by atoms with Crippen molar-refractivity contribution in [2.24, 2.45) is 5.92 Å². The molecule has 3 heteroatoms. The fourth-order valence-electron chi connectivity index (χ4n) is 1.95. The molecule has 2 nitrogen and oxygen atoms in total. The van der Waals surface area contributed by atoms with E-state index in [1.54, 1.807) is 11.3 Å². The number of rotatable bonds is 4. The molecule has 0 fully saturated rings. The number of thiophene rings is 1. The molecule has 0 aliphatic heterocycles. The second kappa shape index (κ2) is 5.20. The van der Waals surface area contributed by atoms with Crippen molar-refractivity contribution in [3.05, 3.63) is 29.6 Å². The first-order valence-electron chi connectivity index (χ1n) is 5.83. The van der Waals surface area contributed by atoms with Crippen molar-refractivity contribution < 1.29 is 0 Å². The van der Waals surface area contributed by atoms with Gasteiger partial charge in [0.15, 0.2) is 0 Å². The highest BCUT2D eigenvalue weighted by Gasteiger charge is 2.12. The minimum absolute atomic E-state index is 0.110. The van der Waals surface area contributed by atoms with E-state index in [0.29, 0.717) is 0 Å². The Kier molecular flexibility index (Phi) is 3.65. The molecular weight excluding hydrogens is 228 g/mol. The lowest BCUT2D eigenvalue weighted by Crippen LogP contribution is -2.23. The quantitative estimate of drug-likeness (QED) is 0.816. The molecule has 0 spiro atoms. The predicted molar refractivity (Wildman–Crippen MR) is 74.5 cm³/mol. The van der Waals surface area contributed by atoms with Crippen LogP contribution in [-0.2, 0) is 0 Å². The van der Waals surface area contributed by atoms with Gasteiger partial charge in [0.1, 0.15) is 0 Å². The van der Waals surface area contributed by atoms with Crippen molar-refractivity contribution in [3.63, 3.8) is 0 Å². The number of hydrogen-bond donors (Lipinski definition) is 0. The fourth-order valence-corrected chi connectivity index (χ4v) is 2.95. The molecule has 2 aromatic rings. The third-order valence-electron chi connectivity index (χ3n) is 3.04.